The van der Waals surface area contributed by atoms with Crippen LogP contribution in [-0.2, 0) is 16.1 Å². The molecule has 8 nitrogen and oxygen atoms in total. The fourth-order valence-electron chi connectivity index (χ4n) is 4.83. The summed E-state index contributed by atoms with van der Waals surface area (Å²) in [4.78, 5) is 32.5. The average molecular weight is 684 g/mol. The van der Waals surface area contributed by atoms with E-state index < -0.39 is 12.0 Å². The first kappa shape index (κ1) is 30.6. The summed E-state index contributed by atoms with van der Waals surface area (Å²) in [6.45, 7) is 3.95. The Morgan fingerprint density at radius 3 is 2.53 bits per heavy atom. The molecule has 1 aliphatic rings. The topological polar surface area (TPSA) is 88.4 Å². The van der Waals surface area contributed by atoms with E-state index in [0.29, 0.717) is 53.9 Å². The predicted molar refractivity (Wildman–Crippen MR) is 170 cm³/mol. The van der Waals surface area contributed by atoms with Gasteiger partial charge in [0.25, 0.3) is 5.56 Å². The second-order valence-electron chi connectivity index (χ2n) is 9.49. The van der Waals surface area contributed by atoms with Crippen LogP contribution >= 0.6 is 38.9 Å². The number of hydrogen-bond acceptors (Lipinski definition) is 8. The summed E-state index contributed by atoms with van der Waals surface area (Å²) in [5.41, 5.74) is 2.67. The lowest BCUT2D eigenvalue weighted by Gasteiger charge is -2.26. The fourth-order valence-corrected chi connectivity index (χ4v) is 6.62. The molecule has 4 aromatic rings. The van der Waals surface area contributed by atoms with Crippen LogP contribution in [0.5, 0.6) is 17.2 Å². The van der Waals surface area contributed by atoms with Gasteiger partial charge in [0.15, 0.2) is 16.3 Å². The van der Waals surface area contributed by atoms with E-state index in [1.807, 2.05) is 48.5 Å². The average Bonchev–Trinajstić information content (AvgIpc) is 3.29. The first-order valence-corrected chi connectivity index (χ1v) is 15.3. The number of hydrogen-bond donors (Lipinski definition) is 0. The maximum atomic E-state index is 14.1. The van der Waals surface area contributed by atoms with Crippen LogP contribution in [-0.4, -0.2) is 31.4 Å². The van der Waals surface area contributed by atoms with Crippen molar-refractivity contribution >= 4 is 50.9 Å². The number of methoxy groups -OCH3 is 2. The lowest BCUT2D eigenvalue weighted by Crippen LogP contribution is -2.40. The molecule has 0 amide bonds. The number of carbonyl (C=O) groups is 1. The van der Waals surface area contributed by atoms with Gasteiger partial charge in [-0.1, -0.05) is 69.2 Å². The van der Waals surface area contributed by atoms with Crippen molar-refractivity contribution in [1.29, 1.82) is 0 Å². The highest BCUT2D eigenvalue weighted by Crippen LogP contribution is 2.40. The van der Waals surface area contributed by atoms with Gasteiger partial charge < -0.3 is 18.9 Å². The van der Waals surface area contributed by atoms with E-state index in [4.69, 9.17) is 30.5 Å². The van der Waals surface area contributed by atoms with Crippen LogP contribution in [0.3, 0.4) is 0 Å². The van der Waals surface area contributed by atoms with Gasteiger partial charge in [0.1, 0.15) is 12.4 Å². The summed E-state index contributed by atoms with van der Waals surface area (Å²) in [6.07, 6.45) is 1.78. The van der Waals surface area contributed by atoms with Crippen molar-refractivity contribution in [2.75, 3.05) is 20.8 Å². The molecule has 3 aromatic carbocycles. The van der Waals surface area contributed by atoms with E-state index in [1.165, 1.54) is 30.1 Å². The van der Waals surface area contributed by atoms with E-state index in [1.54, 1.807) is 32.1 Å². The van der Waals surface area contributed by atoms with Crippen LogP contribution in [0.4, 0.5) is 0 Å². The number of halogens is 2. The van der Waals surface area contributed by atoms with Crippen LogP contribution in [0, 0.1) is 0 Å². The molecule has 2 heterocycles. The third kappa shape index (κ3) is 6.27. The zero-order valence-corrected chi connectivity index (χ0v) is 27.0. The SMILES string of the molecule is CCOC(=O)C1=C(C)N=c2s/c(=C\c3ccccc3OCc3cccc(Cl)c3)c(=O)n2[C@@H]1c1cc(OC)c(OC)cc1Br. The minimum absolute atomic E-state index is 0.172. The lowest BCUT2D eigenvalue weighted by molar-refractivity contribution is -0.139. The van der Waals surface area contributed by atoms with Crippen LogP contribution in [0.2, 0.25) is 5.02 Å². The molecular formula is C32H28BrClN2O6S. The van der Waals surface area contributed by atoms with Gasteiger partial charge in [-0.15, -0.1) is 0 Å². The van der Waals surface area contributed by atoms with Gasteiger partial charge in [0.2, 0.25) is 0 Å². The molecule has 0 fully saturated rings. The highest BCUT2D eigenvalue weighted by Gasteiger charge is 2.35. The molecular weight excluding hydrogens is 656 g/mol. The Balaban J connectivity index is 1.65. The van der Waals surface area contributed by atoms with Gasteiger partial charge >= 0.3 is 5.97 Å². The molecule has 1 aromatic heterocycles. The number of carbonyl (C=O) groups excluding carboxylic acids is 1. The summed E-state index contributed by atoms with van der Waals surface area (Å²) < 4.78 is 25.1. The molecule has 1 aliphatic heterocycles. The predicted octanol–water partition coefficient (Wildman–Crippen LogP) is 5.81. The van der Waals surface area contributed by atoms with Crippen LogP contribution < -0.4 is 29.1 Å². The summed E-state index contributed by atoms with van der Waals surface area (Å²) >= 11 is 11.0. The van der Waals surface area contributed by atoms with Gasteiger partial charge in [-0.05, 0) is 61.4 Å². The zero-order chi connectivity index (χ0) is 30.7. The molecule has 0 spiro atoms. The molecule has 0 unspecified atom stereocenters. The van der Waals surface area contributed by atoms with Crippen molar-refractivity contribution in [3.05, 3.63) is 118 Å². The zero-order valence-electron chi connectivity index (χ0n) is 23.9. The molecule has 222 valence electrons. The van der Waals surface area contributed by atoms with Crippen LogP contribution in [0.15, 0.2) is 86.2 Å². The maximum absolute atomic E-state index is 14.1. The summed E-state index contributed by atoms with van der Waals surface area (Å²) in [7, 11) is 3.07. The number of para-hydroxylation sites is 1. The van der Waals surface area contributed by atoms with Gasteiger partial charge in [-0.25, -0.2) is 9.79 Å². The standard InChI is InChI=1S/C32H28BrClN2O6S/c1-5-41-31(38)28-18(2)35-32-36(29(28)22-15-25(39-3)26(40-4)16-23(22)33)30(37)27(43-32)14-20-10-6-7-12-24(20)42-17-19-9-8-11-21(34)13-19/h6-16,29H,5,17H2,1-4H3/b27-14-/t29-/m1/s1. The molecule has 0 N–H and O–H groups in total. The van der Waals surface area contributed by atoms with Crippen molar-refractivity contribution in [1.82, 2.24) is 4.57 Å². The Morgan fingerprint density at radius 2 is 1.81 bits per heavy atom. The first-order valence-electron chi connectivity index (χ1n) is 13.3. The van der Waals surface area contributed by atoms with Crippen LogP contribution in [0.1, 0.15) is 36.6 Å². The second-order valence-corrected chi connectivity index (χ2v) is 11.8. The molecule has 0 radical (unpaired) electrons. The Morgan fingerprint density at radius 1 is 1.07 bits per heavy atom. The summed E-state index contributed by atoms with van der Waals surface area (Å²) in [6, 6.07) is 17.6. The van der Waals surface area contributed by atoms with E-state index in [-0.39, 0.29) is 17.7 Å². The monoisotopic (exact) mass is 682 g/mol. The smallest absolute Gasteiger partial charge is 0.338 e. The molecule has 11 heteroatoms. The fraction of sp³-hybridized carbons (Fsp3) is 0.219. The van der Waals surface area contributed by atoms with Crippen molar-refractivity contribution in [3.63, 3.8) is 0 Å². The number of allylic oxidation sites excluding steroid dienone is 1. The number of nitrogens with zero attached hydrogens (tertiary/aromatic N) is 2. The molecule has 5 rings (SSSR count). The Bertz CT molecular complexity index is 1920. The molecule has 0 aliphatic carbocycles. The number of thiazole rings is 1. The third-order valence-corrected chi connectivity index (χ3v) is 8.71. The molecule has 0 saturated carbocycles. The van der Waals surface area contributed by atoms with Crippen molar-refractivity contribution in [2.24, 2.45) is 4.99 Å². The number of esters is 1. The quantitative estimate of drug-likeness (QED) is 0.207. The number of aromatic nitrogens is 1. The van der Waals surface area contributed by atoms with Crippen LogP contribution in [0.25, 0.3) is 6.08 Å². The summed E-state index contributed by atoms with van der Waals surface area (Å²) in [5, 5.41) is 0.628. The minimum Gasteiger partial charge on any atom is -0.493 e. The van der Waals surface area contributed by atoms with Crippen molar-refractivity contribution in [2.45, 2.75) is 26.5 Å². The Hall–Kier alpha value is -3.86. The minimum atomic E-state index is -0.832. The number of ether oxygens (including phenoxy) is 4. The van der Waals surface area contributed by atoms with Gasteiger partial charge in [0.05, 0.1) is 42.7 Å². The highest BCUT2D eigenvalue weighted by atomic mass is 79.9. The highest BCUT2D eigenvalue weighted by molar-refractivity contribution is 9.10. The number of benzene rings is 3. The van der Waals surface area contributed by atoms with Crippen molar-refractivity contribution in [3.8, 4) is 17.2 Å². The first-order chi connectivity index (χ1) is 20.7. The van der Waals surface area contributed by atoms with E-state index in [0.717, 1.165) is 11.1 Å². The summed E-state index contributed by atoms with van der Waals surface area (Å²) in [5.74, 6) is 1.00. The molecule has 0 saturated heterocycles. The number of fused-ring (bicyclic) bond motifs is 1. The third-order valence-electron chi connectivity index (χ3n) is 6.80. The Kier molecular flexibility index (Phi) is 9.39. The number of rotatable bonds is 9. The largest absolute Gasteiger partial charge is 0.493 e. The maximum Gasteiger partial charge on any atom is 0.338 e. The second kappa shape index (κ2) is 13.2. The van der Waals surface area contributed by atoms with Gasteiger partial charge in [0, 0.05) is 15.1 Å². The molecule has 1 atom stereocenters. The van der Waals surface area contributed by atoms with E-state index in [9.17, 15) is 9.59 Å². The van der Waals surface area contributed by atoms with Gasteiger partial charge in [-0.3, -0.25) is 9.36 Å². The van der Waals surface area contributed by atoms with Gasteiger partial charge in [-0.2, -0.15) is 0 Å². The lowest BCUT2D eigenvalue weighted by atomic mass is 9.95. The normalized spacial score (nSPS) is 14.7. The molecule has 0 bridgehead atoms. The molecule has 43 heavy (non-hydrogen) atoms. The Labute approximate surface area is 265 Å². The van der Waals surface area contributed by atoms with E-state index in [2.05, 4.69) is 20.9 Å². The van der Waals surface area contributed by atoms with E-state index >= 15 is 0 Å². The van der Waals surface area contributed by atoms with Crippen molar-refractivity contribution < 1.29 is 23.7 Å².